The molecule has 0 spiro atoms. The van der Waals surface area contributed by atoms with Gasteiger partial charge in [-0.15, -0.1) is 11.6 Å². The van der Waals surface area contributed by atoms with Crippen molar-refractivity contribution in [3.8, 4) is 0 Å². The first-order valence-electron chi connectivity index (χ1n) is 3.99. The van der Waals surface area contributed by atoms with Crippen LogP contribution >= 0.6 is 11.6 Å². The minimum atomic E-state index is -4.04. The highest BCUT2D eigenvalue weighted by Crippen LogP contribution is 2.27. The number of hydrogen-bond donors (Lipinski definition) is 0. The van der Waals surface area contributed by atoms with E-state index in [1.165, 1.54) is 0 Å². The Hall–Kier alpha value is 0.0800. The van der Waals surface area contributed by atoms with Gasteiger partial charge in [0.1, 0.15) is 0 Å². The van der Waals surface area contributed by atoms with Crippen LogP contribution in [0.15, 0.2) is 0 Å². The van der Waals surface area contributed by atoms with Crippen LogP contribution in [0.3, 0.4) is 0 Å². The van der Waals surface area contributed by atoms with E-state index in [4.69, 9.17) is 11.6 Å². The van der Waals surface area contributed by atoms with E-state index in [0.29, 0.717) is 5.88 Å². The number of halogens is 4. The van der Waals surface area contributed by atoms with Gasteiger partial charge in [0.05, 0.1) is 0 Å². The normalized spacial score (nSPS) is 15.2. The maximum atomic E-state index is 11.8. The molecular weight excluding hydrogens is 189 g/mol. The van der Waals surface area contributed by atoms with Crippen LogP contribution in [0.5, 0.6) is 0 Å². The zero-order chi connectivity index (χ0) is 9.78. The highest BCUT2D eigenvalue weighted by molar-refractivity contribution is 6.18. The topological polar surface area (TPSA) is 0 Å². The third-order valence-corrected chi connectivity index (χ3v) is 2.34. The molecule has 12 heavy (non-hydrogen) atoms. The lowest BCUT2D eigenvalue weighted by atomic mass is 9.93. The lowest BCUT2D eigenvalue weighted by molar-refractivity contribution is -0.137. The summed E-state index contributed by atoms with van der Waals surface area (Å²) >= 11 is 5.52. The van der Waals surface area contributed by atoms with Crippen molar-refractivity contribution >= 4 is 11.6 Å². The van der Waals surface area contributed by atoms with Crippen LogP contribution in [-0.2, 0) is 0 Å². The average Bonchev–Trinajstić information content (AvgIpc) is 1.85. The molecule has 1 atom stereocenters. The van der Waals surface area contributed by atoms with Gasteiger partial charge in [0.25, 0.3) is 0 Å². The summed E-state index contributed by atoms with van der Waals surface area (Å²) in [5.41, 5.74) is 0. The highest BCUT2D eigenvalue weighted by atomic mass is 35.5. The molecule has 0 N–H and O–H groups in total. The van der Waals surface area contributed by atoms with Gasteiger partial charge >= 0.3 is 6.18 Å². The smallest absolute Gasteiger partial charge is 0.171 e. The van der Waals surface area contributed by atoms with Crippen LogP contribution in [0.2, 0.25) is 0 Å². The predicted octanol–water partition coefficient (Wildman–Crippen LogP) is 3.84. The maximum absolute atomic E-state index is 11.8. The van der Waals surface area contributed by atoms with Crippen molar-refractivity contribution in [2.75, 3.05) is 5.88 Å². The summed E-state index contributed by atoms with van der Waals surface area (Å²) in [5.74, 6) is 0.520. The summed E-state index contributed by atoms with van der Waals surface area (Å²) < 4.78 is 35.3. The first kappa shape index (κ1) is 12.1. The molecule has 0 bridgehead atoms. The molecule has 0 nitrogen and oxygen atoms in total. The van der Waals surface area contributed by atoms with Crippen LogP contribution < -0.4 is 0 Å². The van der Waals surface area contributed by atoms with E-state index in [2.05, 4.69) is 0 Å². The van der Waals surface area contributed by atoms with Crippen molar-refractivity contribution < 1.29 is 13.2 Å². The minimum Gasteiger partial charge on any atom is -0.171 e. The molecule has 0 saturated heterocycles. The molecule has 0 saturated carbocycles. The summed E-state index contributed by atoms with van der Waals surface area (Å²) in [5, 5.41) is 0. The van der Waals surface area contributed by atoms with Gasteiger partial charge < -0.3 is 0 Å². The Balaban J connectivity index is 3.73. The van der Waals surface area contributed by atoms with Crippen LogP contribution in [-0.4, -0.2) is 12.1 Å². The van der Waals surface area contributed by atoms with Crippen molar-refractivity contribution in [3.05, 3.63) is 0 Å². The van der Waals surface area contributed by atoms with E-state index in [1.54, 1.807) is 0 Å². The Labute approximate surface area is 76.1 Å². The van der Waals surface area contributed by atoms with Gasteiger partial charge in [-0.2, -0.15) is 13.2 Å². The predicted molar refractivity (Wildman–Crippen MR) is 44.3 cm³/mol. The molecule has 0 aliphatic rings. The largest absolute Gasteiger partial charge is 0.389 e. The Kier molecular flexibility index (Phi) is 4.98. The first-order chi connectivity index (χ1) is 5.37. The van der Waals surface area contributed by atoms with Crippen LogP contribution in [0.25, 0.3) is 0 Å². The van der Waals surface area contributed by atoms with Crippen molar-refractivity contribution in [3.63, 3.8) is 0 Å². The van der Waals surface area contributed by atoms with Gasteiger partial charge in [-0.05, 0) is 18.3 Å². The fraction of sp³-hybridized carbons (Fsp3) is 1.00. The molecule has 0 aliphatic carbocycles. The van der Waals surface area contributed by atoms with Crippen molar-refractivity contribution in [2.45, 2.75) is 32.9 Å². The molecule has 0 radical (unpaired) electrons. The summed E-state index contributed by atoms with van der Waals surface area (Å²) in [6.45, 7) is 3.78. The quantitative estimate of drug-likeness (QED) is 0.608. The van der Waals surface area contributed by atoms with Crippen LogP contribution in [0.1, 0.15) is 26.7 Å². The van der Waals surface area contributed by atoms with Gasteiger partial charge in [0, 0.05) is 12.3 Å². The summed E-state index contributed by atoms with van der Waals surface area (Å²) in [4.78, 5) is 0. The Morgan fingerprint density at radius 3 is 2.00 bits per heavy atom. The lowest BCUT2D eigenvalue weighted by Crippen LogP contribution is -2.15. The highest BCUT2D eigenvalue weighted by Gasteiger charge is 2.28. The molecule has 0 aromatic heterocycles. The average molecular weight is 203 g/mol. The second kappa shape index (κ2) is 4.95. The lowest BCUT2D eigenvalue weighted by Gasteiger charge is -2.18. The van der Waals surface area contributed by atoms with E-state index in [-0.39, 0.29) is 18.3 Å². The number of rotatable bonds is 4. The van der Waals surface area contributed by atoms with Gasteiger partial charge in [-0.1, -0.05) is 13.8 Å². The van der Waals surface area contributed by atoms with Gasteiger partial charge in [-0.25, -0.2) is 0 Å². The summed E-state index contributed by atoms with van der Waals surface area (Å²) in [7, 11) is 0. The van der Waals surface area contributed by atoms with Crippen LogP contribution in [0, 0.1) is 11.8 Å². The Morgan fingerprint density at radius 1 is 1.25 bits per heavy atom. The van der Waals surface area contributed by atoms with E-state index < -0.39 is 12.6 Å². The fourth-order valence-corrected chi connectivity index (χ4v) is 1.45. The molecule has 4 heteroatoms. The molecular formula is C8H14ClF3. The van der Waals surface area contributed by atoms with Gasteiger partial charge in [-0.3, -0.25) is 0 Å². The second-order valence-electron chi connectivity index (χ2n) is 3.31. The molecule has 74 valence electrons. The van der Waals surface area contributed by atoms with E-state index >= 15 is 0 Å². The SMILES string of the molecule is CC(C)C(CCl)CCC(F)(F)F. The maximum Gasteiger partial charge on any atom is 0.389 e. The fourth-order valence-electron chi connectivity index (χ4n) is 0.938. The zero-order valence-corrected chi connectivity index (χ0v) is 8.04. The molecule has 0 rings (SSSR count). The molecule has 0 amide bonds. The minimum absolute atomic E-state index is 0.0201. The molecule has 0 aromatic rings. The molecule has 0 aliphatic heterocycles. The van der Waals surface area contributed by atoms with E-state index in [1.807, 2.05) is 13.8 Å². The van der Waals surface area contributed by atoms with Crippen molar-refractivity contribution in [2.24, 2.45) is 11.8 Å². The second-order valence-corrected chi connectivity index (χ2v) is 3.62. The Bertz CT molecular complexity index is 120. The standard InChI is InChI=1S/C8H14ClF3/c1-6(2)7(5-9)3-4-8(10,11)12/h6-7H,3-5H2,1-2H3. The Morgan fingerprint density at radius 2 is 1.75 bits per heavy atom. The summed E-state index contributed by atoms with van der Waals surface area (Å²) in [6, 6.07) is 0. The van der Waals surface area contributed by atoms with Gasteiger partial charge in [0.2, 0.25) is 0 Å². The van der Waals surface area contributed by atoms with Crippen molar-refractivity contribution in [1.29, 1.82) is 0 Å². The molecule has 0 fully saturated rings. The molecule has 0 heterocycles. The summed E-state index contributed by atoms with van der Waals surface area (Å²) in [6.07, 6.45) is -4.62. The van der Waals surface area contributed by atoms with E-state index in [9.17, 15) is 13.2 Å². The number of hydrogen-bond acceptors (Lipinski definition) is 0. The molecule has 0 aromatic carbocycles. The molecule has 1 unspecified atom stereocenters. The number of alkyl halides is 4. The zero-order valence-electron chi connectivity index (χ0n) is 7.29. The third-order valence-electron chi connectivity index (χ3n) is 1.94. The third kappa shape index (κ3) is 5.70. The first-order valence-corrected chi connectivity index (χ1v) is 4.53. The van der Waals surface area contributed by atoms with Crippen LogP contribution in [0.4, 0.5) is 13.2 Å². The van der Waals surface area contributed by atoms with Crippen molar-refractivity contribution in [1.82, 2.24) is 0 Å². The monoisotopic (exact) mass is 202 g/mol. The van der Waals surface area contributed by atoms with Gasteiger partial charge in [0.15, 0.2) is 0 Å². The van der Waals surface area contributed by atoms with E-state index in [0.717, 1.165) is 0 Å².